The van der Waals surface area contributed by atoms with Crippen LogP contribution in [-0.2, 0) is 4.79 Å². The highest BCUT2D eigenvalue weighted by atomic mass is 16.5. The summed E-state index contributed by atoms with van der Waals surface area (Å²) in [6, 6.07) is 7.45. The van der Waals surface area contributed by atoms with E-state index in [1.807, 2.05) is 24.3 Å². The number of para-hydroxylation sites is 2. The maximum absolute atomic E-state index is 12.0. The van der Waals surface area contributed by atoms with Crippen molar-refractivity contribution < 1.29 is 9.53 Å². The fourth-order valence-corrected chi connectivity index (χ4v) is 2.20. The molecular formula is C14H21N3O2. The number of carbonyl (C=O) groups is 1. The van der Waals surface area contributed by atoms with Crippen LogP contribution in [0.25, 0.3) is 0 Å². The first-order valence-electron chi connectivity index (χ1n) is 6.65. The third-order valence-electron chi connectivity index (χ3n) is 3.18. The maximum Gasteiger partial charge on any atom is 0.238 e. The van der Waals surface area contributed by atoms with Gasteiger partial charge in [-0.3, -0.25) is 9.69 Å². The zero-order chi connectivity index (χ0) is 13.5. The minimum Gasteiger partial charge on any atom is -0.495 e. The summed E-state index contributed by atoms with van der Waals surface area (Å²) in [7, 11) is 1.60. The molecule has 0 aromatic heterocycles. The average Bonchev–Trinajstić information content (AvgIpc) is 2.68. The molecule has 5 nitrogen and oxygen atoms in total. The number of nitrogens with zero attached hydrogens (tertiary/aromatic N) is 1. The molecule has 5 heteroatoms. The van der Waals surface area contributed by atoms with Crippen LogP contribution in [-0.4, -0.2) is 50.6 Å². The monoisotopic (exact) mass is 263 g/mol. The van der Waals surface area contributed by atoms with Crippen LogP contribution in [0.3, 0.4) is 0 Å². The van der Waals surface area contributed by atoms with Gasteiger partial charge < -0.3 is 15.4 Å². The number of amides is 1. The third-order valence-corrected chi connectivity index (χ3v) is 3.18. The quantitative estimate of drug-likeness (QED) is 0.848. The lowest BCUT2D eigenvalue weighted by Crippen LogP contribution is -2.35. The topological polar surface area (TPSA) is 53.6 Å². The summed E-state index contributed by atoms with van der Waals surface area (Å²) in [5.41, 5.74) is 0.725. The van der Waals surface area contributed by atoms with Gasteiger partial charge >= 0.3 is 0 Å². The lowest BCUT2D eigenvalue weighted by molar-refractivity contribution is -0.117. The molecular weight excluding hydrogens is 242 g/mol. The van der Waals surface area contributed by atoms with Crippen molar-refractivity contribution in [3.8, 4) is 5.75 Å². The molecule has 0 radical (unpaired) electrons. The maximum atomic E-state index is 12.0. The van der Waals surface area contributed by atoms with Crippen LogP contribution in [0.4, 0.5) is 5.69 Å². The molecule has 0 unspecified atom stereocenters. The first-order valence-corrected chi connectivity index (χ1v) is 6.65. The number of nitrogens with one attached hydrogen (secondary N) is 2. The van der Waals surface area contributed by atoms with Crippen LogP contribution in [0.15, 0.2) is 24.3 Å². The Hall–Kier alpha value is -1.59. The summed E-state index contributed by atoms with van der Waals surface area (Å²) in [6.45, 7) is 4.29. The van der Waals surface area contributed by atoms with E-state index in [4.69, 9.17) is 4.74 Å². The van der Waals surface area contributed by atoms with E-state index < -0.39 is 0 Å². The summed E-state index contributed by atoms with van der Waals surface area (Å²) >= 11 is 0. The zero-order valence-electron chi connectivity index (χ0n) is 11.3. The Morgan fingerprint density at radius 1 is 1.37 bits per heavy atom. The van der Waals surface area contributed by atoms with Gasteiger partial charge in [0, 0.05) is 13.1 Å². The standard InChI is InChI=1S/C14H21N3O2/c1-19-13-6-3-2-5-12(13)16-14(18)11-17-9-4-7-15-8-10-17/h2-3,5-6,15H,4,7-11H2,1H3,(H,16,18). The van der Waals surface area contributed by atoms with E-state index in [-0.39, 0.29) is 5.91 Å². The molecule has 1 aliphatic rings. The molecule has 2 N–H and O–H groups in total. The molecule has 19 heavy (non-hydrogen) atoms. The van der Waals surface area contributed by atoms with Gasteiger partial charge in [-0.1, -0.05) is 12.1 Å². The van der Waals surface area contributed by atoms with Gasteiger partial charge in [-0.25, -0.2) is 0 Å². The van der Waals surface area contributed by atoms with E-state index in [0.29, 0.717) is 12.3 Å². The molecule has 0 saturated carbocycles. The number of benzene rings is 1. The van der Waals surface area contributed by atoms with Crippen molar-refractivity contribution in [2.45, 2.75) is 6.42 Å². The first-order chi connectivity index (χ1) is 9.29. The second kappa shape index (κ2) is 7.11. The fourth-order valence-electron chi connectivity index (χ4n) is 2.20. The van der Waals surface area contributed by atoms with Crippen molar-refractivity contribution in [1.29, 1.82) is 0 Å². The highest BCUT2D eigenvalue weighted by Gasteiger charge is 2.13. The molecule has 1 amide bonds. The predicted octanol–water partition coefficient (Wildman–Crippen LogP) is 0.929. The van der Waals surface area contributed by atoms with Crippen LogP contribution in [0.5, 0.6) is 5.75 Å². The van der Waals surface area contributed by atoms with Crippen molar-refractivity contribution in [3.63, 3.8) is 0 Å². The van der Waals surface area contributed by atoms with E-state index in [1.165, 1.54) is 0 Å². The van der Waals surface area contributed by atoms with Crippen LogP contribution in [0, 0.1) is 0 Å². The van der Waals surface area contributed by atoms with Gasteiger partial charge in [0.2, 0.25) is 5.91 Å². The highest BCUT2D eigenvalue weighted by molar-refractivity contribution is 5.93. The molecule has 1 aliphatic heterocycles. The molecule has 104 valence electrons. The number of ether oxygens (including phenoxy) is 1. The molecule has 2 rings (SSSR count). The number of hydrogen-bond donors (Lipinski definition) is 2. The van der Waals surface area contributed by atoms with Crippen molar-refractivity contribution in [2.75, 3.05) is 45.2 Å². The van der Waals surface area contributed by atoms with Gasteiger partial charge in [-0.2, -0.15) is 0 Å². The van der Waals surface area contributed by atoms with Crippen molar-refractivity contribution in [1.82, 2.24) is 10.2 Å². The highest BCUT2D eigenvalue weighted by Crippen LogP contribution is 2.22. The molecule has 0 atom stereocenters. The average molecular weight is 263 g/mol. The van der Waals surface area contributed by atoms with Gasteiger partial charge in [0.25, 0.3) is 0 Å². The van der Waals surface area contributed by atoms with Crippen molar-refractivity contribution in [2.24, 2.45) is 0 Å². The minimum absolute atomic E-state index is 0.00593. The van der Waals surface area contributed by atoms with E-state index in [2.05, 4.69) is 15.5 Å². The van der Waals surface area contributed by atoms with Crippen LogP contribution in [0.2, 0.25) is 0 Å². The minimum atomic E-state index is 0.00593. The number of methoxy groups -OCH3 is 1. The molecule has 1 aromatic rings. The van der Waals surface area contributed by atoms with Gasteiger partial charge in [-0.15, -0.1) is 0 Å². The molecule has 1 heterocycles. The third kappa shape index (κ3) is 4.22. The number of carbonyl (C=O) groups excluding carboxylic acids is 1. The Bertz CT molecular complexity index is 415. The number of hydrogen-bond acceptors (Lipinski definition) is 4. The molecule has 1 fully saturated rings. The van der Waals surface area contributed by atoms with E-state index in [0.717, 1.165) is 38.3 Å². The van der Waals surface area contributed by atoms with Gasteiger partial charge in [0.1, 0.15) is 5.75 Å². The summed E-state index contributed by atoms with van der Waals surface area (Å²) < 4.78 is 5.22. The second-order valence-corrected chi connectivity index (χ2v) is 4.63. The van der Waals surface area contributed by atoms with E-state index >= 15 is 0 Å². The van der Waals surface area contributed by atoms with Gasteiger partial charge in [0.05, 0.1) is 19.3 Å². The van der Waals surface area contributed by atoms with Gasteiger partial charge in [0.15, 0.2) is 0 Å². The predicted molar refractivity (Wildman–Crippen MR) is 75.6 cm³/mol. The summed E-state index contributed by atoms with van der Waals surface area (Å²) in [4.78, 5) is 14.2. The lowest BCUT2D eigenvalue weighted by atomic mass is 10.3. The smallest absolute Gasteiger partial charge is 0.238 e. The summed E-state index contributed by atoms with van der Waals surface area (Å²) in [5.74, 6) is 0.694. The first kappa shape index (κ1) is 13.8. The molecule has 1 aromatic carbocycles. The van der Waals surface area contributed by atoms with Crippen molar-refractivity contribution in [3.05, 3.63) is 24.3 Å². The molecule has 0 spiro atoms. The van der Waals surface area contributed by atoms with Crippen molar-refractivity contribution >= 4 is 11.6 Å². The fraction of sp³-hybridized carbons (Fsp3) is 0.500. The Morgan fingerprint density at radius 2 is 2.21 bits per heavy atom. The zero-order valence-corrected chi connectivity index (χ0v) is 11.3. The SMILES string of the molecule is COc1ccccc1NC(=O)CN1CCCNCC1. The number of rotatable bonds is 4. The number of anilines is 1. The largest absolute Gasteiger partial charge is 0.495 e. The Morgan fingerprint density at radius 3 is 3.05 bits per heavy atom. The Kier molecular flexibility index (Phi) is 5.18. The van der Waals surface area contributed by atoms with Crippen LogP contribution in [0.1, 0.15) is 6.42 Å². The van der Waals surface area contributed by atoms with E-state index in [1.54, 1.807) is 7.11 Å². The normalized spacial score (nSPS) is 16.7. The summed E-state index contributed by atoms with van der Waals surface area (Å²) in [5, 5.41) is 6.23. The molecule has 1 saturated heterocycles. The second-order valence-electron chi connectivity index (χ2n) is 4.63. The summed E-state index contributed by atoms with van der Waals surface area (Å²) in [6.07, 6.45) is 1.09. The van der Waals surface area contributed by atoms with Crippen LogP contribution >= 0.6 is 0 Å². The van der Waals surface area contributed by atoms with Crippen LogP contribution < -0.4 is 15.4 Å². The molecule has 0 bridgehead atoms. The van der Waals surface area contributed by atoms with E-state index in [9.17, 15) is 4.79 Å². The molecule has 0 aliphatic carbocycles. The van der Waals surface area contributed by atoms with Gasteiger partial charge in [-0.05, 0) is 31.6 Å². The Labute approximate surface area is 113 Å². The lowest BCUT2D eigenvalue weighted by Gasteiger charge is -2.19. The Balaban J connectivity index is 1.89.